The summed E-state index contributed by atoms with van der Waals surface area (Å²) < 4.78 is 30.1. The van der Waals surface area contributed by atoms with E-state index in [1.54, 1.807) is 49.4 Å². The van der Waals surface area contributed by atoms with Crippen molar-refractivity contribution in [2.75, 3.05) is 10.8 Å². The monoisotopic (exact) mass is 663 g/mol. The first-order valence-electron chi connectivity index (χ1n) is 12.0. The summed E-state index contributed by atoms with van der Waals surface area (Å²) in [6.45, 7) is 6.86. The molecule has 0 fully saturated rings. The maximum Gasteiger partial charge on any atom is 0.264 e. The predicted molar refractivity (Wildman–Crippen MR) is 157 cm³/mol. The number of amides is 2. The molecule has 1 atom stereocenters. The van der Waals surface area contributed by atoms with Gasteiger partial charge in [-0.05, 0) is 81.8 Å². The molecule has 0 saturated heterocycles. The van der Waals surface area contributed by atoms with E-state index in [0.29, 0.717) is 5.69 Å². The van der Waals surface area contributed by atoms with Crippen molar-refractivity contribution in [2.24, 2.45) is 0 Å². The Balaban J connectivity index is 2.02. The highest BCUT2D eigenvalue weighted by Gasteiger charge is 2.33. The van der Waals surface area contributed by atoms with E-state index < -0.39 is 34.1 Å². The average Bonchev–Trinajstić information content (AvgIpc) is 2.85. The average molecular weight is 665 g/mol. The first kappa shape index (κ1) is 29.9. The van der Waals surface area contributed by atoms with Crippen LogP contribution in [0.25, 0.3) is 0 Å². The summed E-state index contributed by atoms with van der Waals surface area (Å²) in [5, 5.41) is 2.92. The number of rotatable bonds is 9. The molecule has 0 aliphatic heterocycles. The minimum Gasteiger partial charge on any atom is -0.350 e. The van der Waals surface area contributed by atoms with Gasteiger partial charge in [0.1, 0.15) is 12.6 Å². The molecule has 0 heterocycles. The van der Waals surface area contributed by atoms with Gasteiger partial charge in [0.2, 0.25) is 11.8 Å². The molecule has 3 aromatic carbocycles. The maximum atomic E-state index is 13.9. The molecule has 0 aliphatic rings. The fraction of sp³-hybridized carbons (Fsp3) is 0.286. The third-order valence-corrected chi connectivity index (χ3v) is 8.44. The van der Waals surface area contributed by atoms with Crippen LogP contribution in [0, 0.1) is 0 Å². The van der Waals surface area contributed by atoms with Gasteiger partial charge in [-0.1, -0.05) is 62.2 Å². The van der Waals surface area contributed by atoms with Crippen molar-refractivity contribution in [3.05, 3.63) is 93.4 Å². The number of benzene rings is 3. The fourth-order valence-corrected chi connectivity index (χ4v) is 5.89. The molecule has 7 nitrogen and oxygen atoms in total. The third kappa shape index (κ3) is 7.91. The van der Waals surface area contributed by atoms with Gasteiger partial charge in [-0.25, -0.2) is 8.42 Å². The molecule has 0 saturated carbocycles. The van der Waals surface area contributed by atoms with Gasteiger partial charge < -0.3 is 10.2 Å². The van der Waals surface area contributed by atoms with Crippen molar-refractivity contribution in [2.45, 2.75) is 50.7 Å². The Bertz CT molecular complexity index is 1380. The lowest BCUT2D eigenvalue weighted by atomic mass is 10.1. The summed E-state index contributed by atoms with van der Waals surface area (Å²) in [5.41, 5.74) is 0.625. The van der Waals surface area contributed by atoms with E-state index in [0.717, 1.165) is 18.8 Å². The van der Waals surface area contributed by atoms with Crippen LogP contribution < -0.4 is 9.62 Å². The second kappa shape index (κ2) is 12.4. The quantitative estimate of drug-likeness (QED) is 0.316. The van der Waals surface area contributed by atoms with Crippen LogP contribution >= 0.6 is 31.9 Å². The Morgan fingerprint density at radius 3 is 2.11 bits per heavy atom. The van der Waals surface area contributed by atoms with Crippen molar-refractivity contribution in [1.82, 2.24) is 10.2 Å². The lowest BCUT2D eigenvalue weighted by molar-refractivity contribution is -0.140. The molecule has 0 radical (unpaired) electrons. The number of hydrogen-bond donors (Lipinski definition) is 1. The smallest absolute Gasteiger partial charge is 0.264 e. The lowest BCUT2D eigenvalue weighted by Gasteiger charge is -2.33. The summed E-state index contributed by atoms with van der Waals surface area (Å²) in [6.07, 6.45) is 0. The van der Waals surface area contributed by atoms with Crippen LogP contribution in [0.4, 0.5) is 5.69 Å². The highest BCUT2D eigenvalue weighted by atomic mass is 79.9. The molecule has 38 heavy (non-hydrogen) atoms. The lowest BCUT2D eigenvalue weighted by Crippen LogP contribution is -2.54. The molecule has 0 spiro atoms. The number of hydrogen-bond acceptors (Lipinski definition) is 4. The number of sulfonamides is 1. The molecular weight excluding hydrogens is 634 g/mol. The number of anilines is 1. The zero-order chi connectivity index (χ0) is 28.1. The molecule has 0 unspecified atom stereocenters. The summed E-state index contributed by atoms with van der Waals surface area (Å²) in [5.74, 6) is -0.842. The van der Waals surface area contributed by atoms with E-state index in [9.17, 15) is 18.0 Å². The Morgan fingerprint density at radius 2 is 1.53 bits per heavy atom. The van der Waals surface area contributed by atoms with Crippen LogP contribution in [0.5, 0.6) is 0 Å². The topological polar surface area (TPSA) is 86.8 Å². The minimum absolute atomic E-state index is 0.0628. The zero-order valence-electron chi connectivity index (χ0n) is 21.7. The van der Waals surface area contributed by atoms with Gasteiger partial charge in [0.15, 0.2) is 0 Å². The van der Waals surface area contributed by atoms with Gasteiger partial charge in [-0.2, -0.15) is 0 Å². The Hall–Kier alpha value is -2.69. The van der Waals surface area contributed by atoms with Crippen molar-refractivity contribution in [3.8, 4) is 0 Å². The van der Waals surface area contributed by atoms with Crippen molar-refractivity contribution < 1.29 is 18.0 Å². The van der Waals surface area contributed by atoms with Gasteiger partial charge in [-0.3, -0.25) is 13.9 Å². The molecule has 1 N–H and O–H groups in total. The van der Waals surface area contributed by atoms with Gasteiger partial charge >= 0.3 is 0 Å². The van der Waals surface area contributed by atoms with Crippen LogP contribution in [-0.2, 0) is 26.2 Å². The van der Waals surface area contributed by atoms with Gasteiger partial charge in [0.05, 0.1) is 10.6 Å². The molecule has 3 aromatic rings. The van der Waals surface area contributed by atoms with E-state index in [4.69, 9.17) is 0 Å². The number of nitrogens with zero attached hydrogens (tertiary/aromatic N) is 2. The van der Waals surface area contributed by atoms with Crippen LogP contribution in [0.2, 0.25) is 0 Å². The summed E-state index contributed by atoms with van der Waals surface area (Å²) in [4.78, 5) is 28.5. The van der Waals surface area contributed by atoms with Crippen LogP contribution in [0.1, 0.15) is 33.3 Å². The first-order chi connectivity index (χ1) is 17.8. The van der Waals surface area contributed by atoms with E-state index in [1.807, 2.05) is 45.0 Å². The normalized spacial score (nSPS) is 12.5. The van der Waals surface area contributed by atoms with Crippen LogP contribution in [-0.4, -0.2) is 43.3 Å². The van der Waals surface area contributed by atoms with E-state index in [-0.39, 0.29) is 17.3 Å². The van der Waals surface area contributed by atoms with Crippen molar-refractivity contribution in [1.29, 1.82) is 0 Å². The number of carbonyl (C=O) groups is 2. The molecule has 0 bridgehead atoms. The molecule has 202 valence electrons. The van der Waals surface area contributed by atoms with Crippen LogP contribution in [0.3, 0.4) is 0 Å². The molecule has 0 aliphatic carbocycles. The minimum atomic E-state index is -4.09. The SMILES string of the molecule is C[C@H](C(=O)NC(C)(C)C)N(Cc1cccc(Br)c1)C(=O)CN(c1ccc(Br)cc1)S(=O)(=O)c1ccccc1. The third-order valence-electron chi connectivity index (χ3n) is 5.63. The molecular formula is C28H31Br2N3O4S. The van der Waals surface area contributed by atoms with E-state index in [1.165, 1.54) is 17.0 Å². The summed E-state index contributed by atoms with van der Waals surface area (Å²) >= 11 is 6.82. The number of carbonyl (C=O) groups excluding carboxylic acids is 2. The maximum absolute atomic E-state index is 13.9. The van der Waals surface area contributed by atoms with Crippen molar-refractivity contribution in [3.63, 3.8) is 0 Å². The van der Waals surface area contributed by atoms with Crippen LogP contribution in [0.15, 0.2) is 92.7 Å². The molecule has 3 rings (SSSR count). The second-order valence-electron chi connectivity index (χ2n) is 9.87. The number of nitrogens with one attached hydrogen (secondary N) is 1. The van der Waals surface area contributed by atoms with Gasteiger partial charge in [0.25, 0.3) is 10.0 Å². The fourth-order valence-electron chi connectivity index (χ4n) is 3.74. The number of halogens is 2. The molecule has 0 aromatic heterocycles. The van der Waals surface area contributed by atoms with E-state index in [2.05, 4.69) is 37.2 Å². The largest absolute Gasteiger partial charge is 0.350 e. The molecule has 10 heteroatoms. The standard InChI is InChI=1S/C28H31Br2N3O4S/c1-20(27(35)31-28(2,3)4)32(18-21-9-8-10-23(30)17-21)26(34)19-33(24-15-13-22(29)14-16-24)38(36,37)25-11-6-5-7-12-25/h5-17,20H,18-19H2,1-4H3,(H,31,35)/t20-/m1/s1. The van der Waals surface area contributed by atoms with E-state index >= 15 is 0 Å². The zero-order valence-corrected chi connectivity index (χ0v) is 25.7. The predicted octanol–water partition coefficient (Wildman–Crippen LogP) is 5.74. The summed E-state index contributed by atoms with van der Waals surface area (Å²) in [7, 11) is -4.09. The second-order valence-corrected chi connectivity index (χ2v) is 13.6. The Labute approximate surface area is 241 Å². The highest BCUT2D eigenvalue weighted by Crippen LogP contribution is 2.26. The van der Waals surface area contributed by atoms with Gasteiger partial charge in [0, 0.05) is 21.0 Å². The Morgan fingerprint density at radius 1 is 0.895 bits per heavy atom. The summed E-state index contributed by atoms with van der Waals surface area (Å²) in [6, 6.07) is 21.2. The highest BCUT2D eigenvalue weighted by molar-refractivity contribution is 9.10. The van der Waals surface area contributed by atoms with Gasteiger partial charge in [-0.15, -0.1) is 0 Å². The van der Waals surface area contributed by atoms with Crippen molar-refractivity contribution >= 4 is 59.4 Å². The molecule has 2 amide bonds. The first-order valence-corrected chi connectivity index (χ1v) is 15.0. The Kier molecular flexibility index (Phi) is 9.78.